The van der Waals surface area contributed by atoms with Crippen LogP contribution in [-0.2, 0) is 41.7 Å². The lowest BCUT2D eigenvalue weighted by molar-refractivity contribution is -0.178. The Labute approximate surface area is 300 Å². The largest absolute Gasteiger partial charge is 0.468 e. The predicted octanol–water partition coefficient (Wildman–Crippen LogP) is 6.96. The van der Waals surface area contributed by atoms with Gasteiger partial charge in [-0.3, -0.25) is 14.4 Å². The lowest BCUT2D eigenvalue weighted by atomic mass is 9.49. The molecular weight excluding hydrogens is 640 g/mol. The molecule has 1 saturated heterocycles. The molecule has 51 heavy (non-hydrogen) atoms. The van der Waals surface area contributed by atoms with Gasteiger partial charge in [0.2, 0.25) is 11.8 Å². The van der Waals surface area contributed by atoms with Crippen LogP contribution in [0.4, 0.5) is 0 Å². The minimum atomic E-state index is -1.27. The molecule has 3 aromatic rings. The average Bonchev–Trinajstić information content (AvgIpc) is 3.12. The molecule has 8 heteroatoms. The Balaban J connectivity index is 1.08. The highest BCUT2D eigenvalue weighted by Gasteiger charge is 2.60. The van der Waals surface area contributed by atoms with E-state index in [2.05, 4.69) is 23.5 Å². The molecule has 2 amide bonds. The predicted molar refractivity (Wildman–Crippen MR) is 194 cm³/mol. The Bertz CT molecular complexity index is 1780. The molecule has 4 bridgehead atoms. The number of carbonyl (C=O) groups excluding carboxylic acids is 3. The standard InChI is InChI=1S/C43H50N2O6/c1-28-43(41(48)49-2)23-35(18-39(46)44-27-42-20-30-15-31(21-42)17-32(16-30)22-42)40(47)45(24-34-13-8-12-33-11-6-7-14-37(33)34)38(43)19-36(51-28)26-50-25-29-9-4-3-5-10-29/h3-14,19,28,30-32,35-36H,15-18,20-27H2,1-2H3,(H,44,46)/t28-,30?,31?,32?,35+,36-,42?,43+/m1/s1. The number of ether oxygens (including phenoxy) is 3. The topological polar surface area (TPSA) is 94.2 Å². The first-order valence-corrected chi connectivity index (χ1v) is 18.9. The first-order chi connectivity index (χ1) is 24.7. The summed E-state index contributed by atoms with van der Waals surface area (Å²) >= 11 is 0. The third kappa shape index (κ3) is 6.50. The molecule has 2 heterocycles. The van der Waals surface area contributed by atoms with Crippen molar-refractivity contribution in [2.45, 2.75) is 83.6 Å². The van der Waals surface area contributed by atoms with Crippen LogP contribution in [0, 0.1) is 34.5 Å². The van der Waals surface area contributed by atoms with Crippen molar-refractivity contribution in [3.63, 3.8) is 0 Å². The number of esters is 1. The van der Waals surface area contributed by atoms with E-state index in [1.54, 1.807) is 4.90 Å². The summed E-state index contributed by atoms with van der Waals surface area (Å²) in [4.78, 5) is 44.3. The molecular formula is C43H50N2O6. The Kier molecular flexibility index (Phi) is 9.26. The summed E-state index contributed by atoms with van der Waals surface area (Å²) in [7, 11) is 1.38. The monoisotopic (exact) mass is 690 g/mol. The molecule has 5 fully saturated rings. The quantitative estimate of drug-likeness (QED) is 0.219. The minimum Gasteiger partial charge on any atom is -0.468 e. The van der Waals surface area contributed by atoms with Crippen molar-refractivity contribution in [1.82, 2.24) is 10.2 Å². The van der Waals surface area contributed by atoms with Crippen molar-refractivity contribution in [1.29, 1.82) is 0 Å². The van der Waals surface area contributed by atoms with Gasteiger partial charge in [0.25, 0.3) is 0 Å². The summed E-state index contributed by atoms with van der Waals surface area (Å²) in [5.74, 6) is 0.919. The molecule has 0 spiro atoms. The molecule has 6 aliphatic rings. The van der Waals surface area contributed by atoms with E-state index >= 15 is 0 Å². The molecule has 4 saturated carbocycles. The number of hydrogen-bond donors (Lipinski definition) is 1. The van der Waals surface area contributed by atoms with Crippen LogP contribution in [0.2, 0.25) is 0 Å². The van der Waals surface area contributed by atoms with E-state index in [-0.39, 0.29) is 43.2 Å². The van der Waals surface area contributed by atoms with E-state index in [1.165, 1.54) is 45.6 Å². The van der Waals surface area contributed by atoms with Crippen LogP contribution in [0.5, 0.6) is 0 Å². The van der Waals surface area contributed by atoms with E-state index in [4.69, 9.17) is 14.2 Å². The number of carbonyl (C=O) groups is 3. The summed E-state index contributed by atoms with van der Waals surface area (Å²) in [5, 5.41) is 5.40. The highest BCUT2D eigenvalue weighted by molar-refractivity contribution is 5.93. The van der Waals surface area contributed by atoms with Crippen LogP contribution in [0.1, 0.15) is 69.4 Å². The number of benzene rings is 3. The number of nitrogens with zero attached hydrogens (tertiary/aromatic N) is 1. The molecule has 9 rings (SSSR count). The molecule has 0 radical (unpaired) electrons. The Hall–Kier alpha value is -4.01. The molecule has 4 atom stereocenters. The Morgan fingerprint density at radius 1 is 0.902 bits per heavy atom. The van der Waals surface area contributed by atoms with Crippen molar-refractivity contribution in [3.8, 4) is 0 Å². The highest BCUT2D eigenvalue weighted by Crippen LogP contribution is 2.60. The fraction of sp³-hybridized carbons (Fsp3) is 0.512. The molecule has 4 aliphatic carbocycles. The van der Waals surface area contributed by atoms with Crippen molar-refractivity contribution in [3.05, 3.63) is 95.7 Å². The second-order valence-corrected chi connectivity index (χ2v) is 16.2. The van der Waals surface area contributed by atoms with Gasteiger partial charge in [-0.2, -0.15) is 0 Å². The van der Waals surface area contributed by atoms with Crippen LogP contribution in [-0.4, -0.2) is 55.2 Å². The molecule has 1 N–H and O–H groups in total. The molecule has 3 aromatic carbocycles. The second kappa shape index (κ2) is 13.8. The maximum Gasteiger partial charge on any atom is 0.320 e. The van der Waals surface area contributed by atoms with Crippen LogP contribution in [0.3, 0.4) is 0 Å². The fourth-order valence-electron chi connectivity index (χ4n) is 10.9. The highest BCUT2D eigenvalue weighted by atomic mass is 16.5. The zero-order chi connectivity index (χ0) is 35.2. The van der Waals surface area contributed by atoms with Gasteiger partial charge in [0.15, 0.2) is 0 Å². The smallest absolute Gasteiger partial charge is 0.320 e. The minimum absolute atomic E-state index is 0.0135. The maximum absolute atomic E-state index is 14.7. The summed E-state index contributed by atoms with van der Waals surface area (Å²) in [6.45, 7) is 3.48. The van der Waals surface area contributed by atoms with E-state index in [0.717, 1.165) is 39.7 Å². The summed E-state index contributed by atoms with van der Waals surface area (Å²) in [6.07, 6.45) is 8.57. The van der Waals surface area contributed by atoms with Crippen molar-refractivity contribution < 1.29 is 28.6 Å². The van der Waals surface area contributed by atoms with E-state index in [1.807, 2.05) is 67.6 Å². The number of piperidine rings is 1. The van der Waals surface area contributed by atoms with Crippen LogP contribution < -0.4 is 5.32 Å². The van der Waals surface area contributed by atoms with Crippen molar-refractivity contribution >= 4 is 28.6 Å². The number of hydrogen-bond acceptors (Lipinski definition) is 6. The SMILES string of the molecule is COC(=O)[C@]12C[C@H](CC(=O)NCC34CC5CC(CC(C5)C3)C4)C(=O)N(Cc3cccc4ccccc34)C1=C[C@H](COCc1ccccc1)O[C@@H]2C. The van der Waals surface area contributed by atoms with Gasteiger partial charge in [-0.25, -0.2) is 0 Å². The molecule has 0 unspecified atom stereocenters. The number of methoxy groups -OCH3 is 1. The van der Waals surface area contributed by atoms with E-state index < -0.39 is 29.5 Å². The lowest BCUT2D eigenvalue weighted by Crippen LogP contribution is -2.60. The number of amides is 2. The van der Waals surface area contributed by atoms with Crippen LogP contribution in [0.15, 0.2) is 84.6 Å². The molecule has 2 aliphatic heterocycles. The number of nitrogens with one attached hydrogen (secondary N) is 1. The van der Waals surface area contributed by atoms with Crippen LogP contribution >= 0.6 is 0 Å². The maximum atomic E-state index is 14.7. The van der Waals surface area contributed by atoms with Gasteiger partial charge in [0, 0.05) is 24.6 Å². The summed E-state index contributed by atoms with van der Waals surface area (Å²) in [6, 6.07) is 24.1. The van der Waals surface area contributed by atoms with Gasteiger partial charge >= 0.3 is 5.97 Å². The molecule has 8 nitrogen and oxygen atoms in total. The number of likely N-dealkylation sites (tertiary alicyclic amines) is 1. The van der Waals surface area contributed by atoms with E-state index in [9.17, 15) is 14.4 Å². The molecule has 268 valence electrons. The van der Waals surface area contributed by atoms with Gasteiger partial charge in [-0.15, -0.1) is 0 Å². The molecule has 0 aromatic heterocycles. The second-order valence-electron chi connectivity index (χ2n) is 16.2. The lowest BCUT2D eigenvalue weighted by Gasteiger charge is -2.57. The third-order valence-electron chi connectivity index (χ3n) is 12.8. The van der Waals surface area contributed by atoms with Gasteiger partial charge in [-0.05, 0) is 103 Å². The first kappa shape index (κ1) is 34.1. The number of rotatable bonds is 11. The third-order valence-corrected chi connectivity index (χ3v) is 12.8. The van der Waals surface area contributed by atoms with Gasteiger partial charge < -0.3 is 24.4 Å². The average molecular weight is 691 g/mol. The number of fused-ring (bicyclic) bond motifs is 2. The normalized spacial score (nSPS) is 32.4. The van der Waals surface area contributed by atoms with Crippen molar-refractivity contribution in [2.75, 3.05) is 20.3 Å². The summed E-state index contributed by atoms with van der Waals surface area (Å²) in [5.41, 5.74) is 1.50. The Morgan fingerprint density at radius 2 is 1.59 bits per heavy atom. The Morgan fingerprint density at radius 3 is 2.31 bits per heavy atom. The zero-order valence-corrected chi connectivity index (χ0v) is 29.9. The van der Waals surface area contributed by atoms with Crippen molar-refractivity contribution in [2.24, 2.45) is 34.5 Å². The first-order valence-electron chi connectivity index (χ1n) is 18.9. The fourth-order valence-corrected chi connectivity index (χ4v) is 10.9. The van der Waals surface area contributed by atoms with Gasteiger partial charge in [0.05, 0.1) is 33.0 Å². The van der Waals surface area contributed by atoms with Crippen LogP contribution in [0.25, 0.3) is 10.8 Å². The van der Waals surface area contributed by atoms with Gasteiger partial charge in [0.1, 0.15) is 11.5 Å². The van der Waals surface area contributed by atoms with E-state index in [0.29, 0.717) is 18.8 Å². The summed E-state index contributed by atoms with van der Waals surface area (Å²) < 4.78 is 18.1. The zero-order valence-electron chi connectivity index (χ0n) is 29.9. The van der Waals surface area contributed by atoms with Gasteiger partial charge in [-0.1, -0.05) is 72.8 Å².